The Morgan fingerprint density at radius 1 is 1.35 bits per heavy atom. The van der Waals surface area contributed by atoms with Crippen LogP contribution < -0.4 is 16.2 Å². The van der Waals surface area contributed by atoms with Gasteiger partial charge in [0.1, 0.15) is 23.1 Å². The number of hydrogen-bond donors (Lipinski definition) is 1. The number of fused-ring (bicyclic) bond motifs is 1. The Balaban J connectivity index is 2.28. The van der Waals surface area contributed by atoms with E-state index < -0.39 is 5.91 Å². The second-order valence-electron chi connectivity index (χ2n) is 6.36. The molecule has 0 aliphatic carbocycles. The number of carbonyl (C=O) groups excluding carboxylic acids is 1. The number of aromatic nitrogens is 2. The van der Waals surface area contributed by atoms with Gasteiger partial charge in [0.25, 0.3) is 11.5 Å². The number of aryl methyl sites for hydroxylation is 1. The van der Waals surface area contributed by atoms with Crippen LogP contribution in [0.3, 0.4) is 0 Å². The monoisotopic (exact) mass is 352 g/mol. The van der Waals surface area contributed by atoms with Gasteiger partial charge in [-0.1, -0.05) is 6.07 Å². The molecule has 0 aromatic carbocycles. The third kappa shape index (κ3) is 3.17. The van der Waals surface area contributed by atoms with Crippen LogP contribution in [-0.2, 0) is 4.79 Å². The Bertz CT molecular complexity index is 993. The number of primary amides is 1. The smallest absolute Gasteiger partial charge is 0.267 e. The van der Waals surface area contributed by atoms with Gasteiger partial charge in [-0.05, 0) is 31.7 Å². The van der Waals surface area contributed by atoms with E-state index in [4.69, 9.17) is 10.7 Å². The first-order valence-corrected chi connectivity index (χ1v) is 8.29. The van der Waals surface area contributed by atoms with Crippen LogP contribution in [0.25, 0.3) is 11.7 Å². The molecule has 0 bridgehead atoms. The summed E-state index contributed by atoms with van der Waals surface area (Å²) in [6.45, 7) is 4.95. The first kappa shape index (κ1) is 17.6. The summed E-state index contributed by atoms with van der Waals surface area (Å²) in [5.41, 5.74) is 6.27. The lowest BCUT2D eigenvalue weighted by Gasteiger charge is -2.34. The SMILES string of the molecule is Cc1cccn2c(=O)c(C=C(C#N)C(N)=O)c(N3CCN(C)CC3)nc12. The molecule has 8 heteroatoms. The highest BCUT2D eigenvalue weighted by atomic mass is 16.1. The summed E-state index contributed by atoms with van der Waals surface area (Å²) in [7, 11) is 2.03. The van der Waals surface area contributed by atoms with E-state index in [-0.39, 0.29) is 16.7 Å². The van der Waals surface area contributed by atoms with Gasteiger partial charge in [-0.2, -0.15) is 5.26 Å². The Kier molecular flexibility index (Phi) is 4.73. The molecule has 3 heterocycles. The van der Waals surface area contributed by atoms with Crippen molar-refractivity contribution in [3.05, 3.63) is 45.4 Å². The molecule has 1 aliphatic heterocycles. The lowest BCUT2D eigenvalue weighted by molar-refractivity contribution is -0.114. The number of nitrogens with two attached hydrogens (primary N) is 1. The number of nitriles is 1. The molecule has 0 radical (unpaired) electrons. The largest absolute Gasteiger partial charge is 0.365 e. The molecule has 0 saturated carbocycles. The summed E-state index contributed by atoms with van der Waals surface area (Å²) in [5.74, 6) is -0.392. The highest BCUT2D eigenvalue weighted by molar-refractivity contribution is 6.01. The van der Waals surface area contributed by atoms with Crippen LogP contribution in [0, 0.1) is 18.3 Å². The summed E-state index contributed by atoms with van der Waals surface area (Å²) in [5, 5.41) is 9.17. The third-order valence-corrected chi connectivity index (χ3v) is 4.54. The van der Waals surface area contributed by atoms with Crippen LogP contribution in [0.4, 0.5) is 5.82 Å². The maximum atomic E-state index is 13.1. The minimum Gasteiger partial charge on any atom is -0.365 e. The standard InChI is InChI=1S/C18H20N6O2/c1-12-4-3-5-24-16(12)21-17(23-8-6-22(2)7-9-23)14(18(24)26)10-13(11-19)15(20)25/h3-5,10H,6-9H2,1-2H3,(H2,20,25). The average Bonchev–Trinajstić information content (AvgIpc) is 2.62. The number of anilines is 1. The van der Waals surface area contributed by atoms with Gasteiger partial charge >= 0.3 is 0 Å². The maximum absolute atomic E-state index is 13.1. The van der Waals surface area contributed by atoms with E-state index in [9.17, 15) is 14.9 Å². The quantitative estimate of drug-likeness (QED) is 0.622. The fourth-order valence-electron chi connectivity index (χ4n) is 2.99. The molecule has 134 valence electrons. The van der Waals surface area contributed by atoms with Crippen LogP contribution in [0.5, 0.6) is 0 Å². The number of rotatable bonds is 3. The number of carbonyl (C=O) groups is 1. The molecule has 3 rings (SSSR count). The van der Waals surface area contributed by atoms with E-state index >= 15 is 0 Å². The predicted octanol–water partition coefficient (Wildman–Crippen LogP) is 0.147. The van der Waals surface area contributed by atoms with Crippen molar-refractivity contribution in [3.8, 4) is 6.07 Å². The van der Waals surface area contributed by atoms with Crippen LogP contribution in [-0.4, -0.2) is 53.4 Å². The van der Waals surface area contributed by atoms with Crippen molar-refractivity contribution in [1.29, 1.82) is 5.26 Å². The zero-order valence-electron chi connectivity index (χ0n) is 14.8. The van der Waals surface area contributed by atoms with Crippen molar-refractivity contribution in [2.45, 2.75) is 6.92 Å². The highest BCUT2D eigenvalue weighted by Crippen LogP contribution is 2.21. The van der Waals surface area contributed by atoms with Crippen LogP contribution in [0.1, 0.15) is 11.1 Å². The summed E-state index contributed by atoms with van der Waals surface area (Å²) in [6, 6.07) is 5.40. The minimum atomic E-state index is -0.870. The van der Waals surface area contributed by atoms with Gasteiger partial charge in [0.15, 0.2) is 0 Å². The zero-order valence-corrected chi connectivity index (χ0v) is 14.8. The van der Waals surface area contributed by atoms with Crippen LogP contribution in [0.2, 0.25) is 0 Å². The number of amides is 1. The Morgan fingerprint density at radius 2 is 2.04 bits per heavy atom. The number of pyridine rings is 1. The van der Waals surface area contributed by atoms with Crippen molar-refractivity contribution in [1.82, 2.24) is 14.3 Å². The molecule has 2 aromatic heterocycles. The molecule has 2 aromatic rings. The molecule has 1 amide bonds. The van der Waals surface area contributed by atoms with E-state index in [0.29, 0.717) is 24.6 Å². The normalized spacial score (nSPS) is 15.9. The molecule has 8 nitrogen and oxygen atoms in total. The van der Waals surface area contributed by atoms with Crippen LogP contribution >= 0.6 is 0 Å². The van der Waals surface area contributed by atoms with E-state index in [0.717, 1.165) is 18.7 Å². The Labute approximate surface area is 150 Å². The molecule has 0 unspecified atom stereocenters. The Hall–Kier alpha value is -3.18. The lowest BCUT2D eigenvalue weighted by atomic mass is 10.1. The highest BCUT2D eigenvalue weighted by Gasteiger charge is 2.22. The molecule has 26 heavy (non-hydrogen) atoms. The molecule has 1 fully saturated rings. The van der Waals surface area contributed by atoms with E-state index in [1.54, 1.807) is 18.3 Å². The van der Waals surface area contributed by atoms with Gasteiger partial charge in [-0.3, -0.25) is 14.0 Å². The first-order chi connectivity index (χ1) is 12.4. The van der Waals surface area contributed by atoms with E-state index in [1.165, 1.54) is 10.5 Å². The van der Waals surface area contributed by atoms with Crippen molar-refractivity contribution in [3.63, 3.8) is 0 Å². The first-order valence-electron chi connectivity index (χ1n) is 8.29. The fourth-order valence-corrected chi connectivity index (χ4v) is 2.99. The van der Waals surface area contributed by atoms with E-state index in [1.807, 2.05) is 24.9 Å². The minimum absolute atomic E-state index is 0.202. The molecular weight excluding hydrogens is 332 g/mol. The maximum Gasteiger partial charge on any atom is 0.267 e. The summed E-state index contributed by atoms with van der Waals surface area (Å²) < 4.78 is 1.43. The second-order valence-corrected chi connectivity index (χ2v) is 6.36. The summed E-state index contributed by atoms with van der Waals surface area (Å²) in [6.07, 6.45) is 2.87. The van der Waals surface area contributed by atoms with Crippen molar-refractivity contribution in [2.75, 3.05) is 38.1 Å². The fraction of sp³-hybridized carbons (Fsp3) is 0.333. The Morgan fingerprint density at radius 3 is 2.65 bits per heavy atom. The van der Waals surface area contributed by atoms with Gasteiger partial charge in [0.2, 0.25) is 0 Å². The number of nitrogens with zero attached hydrogens (tertiary/aromatic N) is 5. The van der Waals surface area contributed by atoms with Crippen molar-refractivity contribution >= 4 is 23.4 Å². The topological polar surface area (TPSA) is 108 Å². The molecule has 1 aliphatic rings. The summed E-state index contributed by atoms with van der Waals surface area (Å²) in [4.78, 5) is 33.4. The summed E-state index contributed by atoms with van der Waals surface area (Å²) >= 11 is 0. The number of likely N-dealkylation sites (N-methyl/N-ethyl adjacent to an activating group) is 1. The van der Waals surface area contributed by atoms with Crippen molar-refractivity contribution in [2.24, 2.45) is 5.73 Å². The van der Waals surface area contributed by atoms with Gasteiger partial charge in [0.05, 0.1) is 5.56 Å². The predicted molar refractivity (Wildman–Crippen MR) is 98.7 cm³/mol. The molecule has 0 atom stereocenters. The zero-order chi connectivity index (χ0) is 18.8. The van der Waals surface area contributed by atoms with E-state index in [2.05, 4.69) is 4.90 Å². The van der Waals surface area contributed by atoms with Crippen LogP contribution in [0.15, 0.2) is 28.7 Å². The average molecular weight is 352 g/mol. The third-order valence-electron chi connectivity index (χ3n) is 4.54. The van der Waals surface area contributed by atoms with Gasteiger partial charge in [-0.25, -0.2) is 4.98 Å². The van der Waals surface area contributed by atoms with Gasteiger partial charge in [0, 0.05) is 32.4 Å². The molecule has 1 saturated heterocycles. The molecule has 2 N–H and O–H groups in total. The number of piperazine rings is 1. The van der Waals surface area contributed by atoms with Gasteiger partial charge < -0.3 is 15.5 Å². The lowest BCUT2D eigenvalue weighted by Crippen LogP contribution is -2.45. The molecular formula is C18H20N6O2. The van der Waals surface area contributed by atoms with Crippen molar-refractivity contribution < 1.29 is 4.79 Å². The number of hydrogen-bond acceptors (Lipinski definition) is 6. The second kappa shape index (κ2) is 6.98. The van der Waals surface area contributed by atoms with Gasteiger partial charge in [-0.15, -0.1) is 0 Å². The molecule has 0 spiro atoms.